The van der Waals surface area contributed by atoms with E-state index in [0.717, 1.165) is 35.1 Å². The van der Waals surface area contributed by atoms with Gasteiger partial charge in [0, 0.05) is 36.9 Å². The summed E-state index contributed by atoms with van der Waals surface area (Å²) >= 11 is 0. The average Bonchev–Trinajstić information content (AvgIpc) is 2.77. The Kier molecular flexibility index (Phi) is 7.89. The summed E-state index contributed by atoms with van der Waals surface area (Å²) in [6.45, 7) is 11.7. The number of hydrogen-bond donors (Lipinski definition) is 1. The van der Waals surface area contributed by atoms with E-state index < -0.39 is 0 Å². The van der Waals surface area contributed by atoms with Gasteiger partial charge >= 0.3 is 0 Å². The highest BCUT2D eigenvalue weighted by molar-refractivity contribution is 5.76. The number of aliphatic hydroxyl groups is 1. The van der Waals surface area contributed by atoms with Crippen molar-refractivity contribution >= 4 is 23.7 Å². The summed E-state index contributed by atoms with van der Waals surface area (Å²) in [6, 6.07) is 18.9. The molecule has 28 heavy (non-hydrogen) atoms. The number of rotatable bonds is 6. The molecule has 0 radical (unpaired) electrons. The van der Waals surface area contributed by atoms with Crippen LogP contribution < -0.4 is 4.40 Å². The van der Waals surface area contributed by atoms with Crippen LogP contribution in [0.3, 0.4) is 0 Å². The molecule has 0 saturated carbocycles. The maximum absolute atomic E-state index is 7.00. The largest absolute Gasteiger partial charge is 0.400 e. The van der Waals surface area contributed by atoms with Crippen LogP contribution in [0.15, 0.2) is 98.6 Å². The Balaban J connectivity index is 0.00000136. The van der Waals surface area contributed by atoms with E-state index in [1.165, 1.54) is 5.56 Å². The van der Waals surface area contributed by atoms with Gasteiger partial charge in [-0.3, -0.25) is 0 Å². The molecule has 140 valence electrons. The van der Waals surface area contributed by atoms with Crippen molar-refractivity contribution in [3.05, 3.63) is 115 Å². The van der Waals surface area contributed by atoms with Gasteiger partial charge in [0.25, 0.3) is 0 Å². The van der Waals surface area contributed by atoms with Crippen molar-refractivity contribution in [2.24, 2.45) is 0 Å². The molecule has 0 atom stereocenters. The maximum atomic E-state index is 7.00. The van der Waals surface area contributed by atoms with E-state index in [2.05, 4.69) is 78.7 Å². The molecule has 0 amide bonds. The molecular formula is C26H26NO+. The summed E-state index contributed by atoms with van der Waals surface area (Å²) in [7, 11) is 1.00. The molecule has 1 aromatic carbocycles. The van der Waals surface area contributed by atoms with E-state index in [4.69, 9.17) is 5.11 Å². The first-order valence-corrected chi connectivity index (χ1v) is 9.02. The minimum absolute atomic E-state index is 1.00. The molecule has 3 rings (SSSR count). The lowest BCUT2D eigenvalue weighted by Gasteiger charge is -2.08. The normalized spacial score (nSPS) is 10.6. The third-order valence-electron chi connectivity index (χ3n) is 4.26. The first-order valence-electron chi connectivity index (χ1n) is 9.02. The van der Waals surface area contributed by atoms with Crippen LogP contribution in [0.1, 0.15) is 16.8 Å². The van der Waals surface area contributed by atoms with Gasteiger partial charge in [0.1, 0.15) is 0 Å². The zero-order chi connectivity index (χ0) is 20.4. The van der Waals surface area contributed by atoms with E-state index in [-0.39, 0.29) is 0 Å². The number of fused-ring (bicyclic) bond motifs is 1. The first kappa shape index (κ1) is 20.8. The average molecular weight is 369 g/mol. The number of allylic oxidation sites excluding steroid dienone is 4. The van der Waals surface area contributed by atoms with Crippen molar-refractivity contribution in [2.45, 2.75) is 0 Å². The Labute approximate surface area is 167 Å². The summed E-state index contributed by atoms with van der Waals surface area (Å²) in [4.78, 5) is 0. The molecule has 2 aromatic heterocycles. The zero-order valence-corrected chi connectivity index (χ0v) is 16.3. The van der Waals surface area contributed by atoms with Crippen LogP contribution in [-0.2, 0) is 0 Å². The third kappa shape index (κ3) is 4.43. The molecule has 3 aromatic rings. The van der Waals surface area contributed by atoms with Crippen LogP contribution in [-0.4, -0.2) is 12.2 Å². The lowest BCUT2D eigenvalue weighted by Crippen LogP contribution is -2.30. The van der Waals surface area contributed by atoms with Gasteiger partial charge in [-0.05, 0) is 23.8 Å². The summed E-state index contributed by atoms with van der Waals surface area (Å²) in [5.74, 6) is 0. The van der Waals surface area contributed by atoms with Crippen molar-refractivity contribution < 1.29 is 9.51 Å². The number of aromatic nitrogens is 1. The quantitative estimate of drug-likeness (QED) is 0.435. The van der Waals surface area contributed by atoms with Gasteiger partial charge in [-0.15, -0.1) is 0 Å². The minimum atomic E-state index is 1.00. The molecule has 0 aliphatic carbocycles. The number of pyridine rings is 2. The second-order valence-corrected chi connectivity index (χ2v) is 5.82. The summed E-state index contributed by atoms with van der Waals surface area (Å²) < 4.78 is 2.26. The number of benzene rings is 1. The smallest absolute Gasteiger partial charge is 0.219 e. The van der Waals surface area contributed by atoms with E-state index in [9.17, 15) is 0 Å². The van der Waals surface area contributed by atoms with Crippen molar-refractivity contribution in [3.8, 4) is 11.3 Å². The second-order valence-electron chi connectivity index (χ2n) is 5.82. The second kappa shape index (κ2) is 10.6. The van der Waals surface area contributed by atoms with Crippen LogP contribution in [0.25, 0.3) is 35.0 Å². The van der Waals surface area contributed by atoms with Crippen LogP contribution in [0.5, 0.6) is 0 Å². The van der Waals surface area contributed by atoms with Gasteiger partial charge in [0.15, 0.2) is 0 Å². The van der Waals surface area contributed by atoms with E-state index >= 15 is 0 Å². The molecule has 0 saturated heterocycles. The zero-order valence-electron chi connectivity index (χ0n) is 16.3. The molecule has 2 heterocycles. The SMILES string of the molecule is C=C/C=C\C=Cc1cc(C=C)c(C=C)c2cccc(-c3ccccc3)[n+]12.CO. The highest BCUT2D eigenvalue weighted by Gasteiger charge is 2.20. The van der Waals surface area contributed by atoms with Gasteiger partial charge in [0.05, 0.1) is 5.56 Å². The summed E-state index contributed by atoms with van der Waals surface area (Å²) in [5.41, 5.74) is 6.63. The fraction of sp³-hybridized carbons (Fsp3) is 0.0385. The Bertz CT molecular complexity index is 1030. The lowest BCUT2D eigenvalue weighted by atomic mass is 10.0. The Morgan fingerprint density at radius 1 is 0.821 bits per heavy atom. The van der Waals surface area contributed by atoms with Crippen LogP contribution >= 0.6 is 0 Å². The van der Waals surface area contributed by atoms with E-state index in [1.54, 1.807) is 6.08 Å². The summed E-state index contributed by atoms with van der Waals surface area (Å²) in [6.07, 6.45) is 13.5. The molecule has 0 aliphatic heterocycles. The molecule has 0 aliphatic rings. The molecule has 0 fully saturated rings. The number of hydrogen-bond acceptors (Lipinski definition) is 1. The van der Waals surface area contributed by atoms with E-state index in [0.29, 0.717) is 0 Å². The molecule has 0 unspecified atom stereocenters. The number of nitrogens with zero attached hydrogens (tertiary/aromatic N) is 1. The molecule has 2 nitrogen and oxygen atoms in total. The number of aliphatic hydroxyl groups excluding tert-OH is 1. The highest BCUT2D eigenvalue weighted by Crippen LogP contribution is 2.23. The molecule has 0 bridgehead atoms. The third-order valence-corrected chi connectivity index (χ3v) is 4.26. The van der Waals surface area contributed by atoms with Gasteiger partial charge in [-0.2, -0.15) is 4.40 Å². The van der Waals surface area contributed by atoms with Crippen LogP contribution in [0, 0.1) is 0 Å². The van der Waals surface area contributed by atoms with Gasteiger partial charge in [-0.1, -0.05) is 74.4 Å². The van der Waals surface area contributed by atoms with Crippen molar-refractivity contribution in [1.82, 2.24) is 0 Å². The predicted molar refractivity (Wildman–Crippen MR) is 122 cm³/mol. The first-order chi connectivity index (χ1) is 13.8. The summed E-state index contributed by atoms with van der Waals surface area (Å²) in [5, 5.41) is 7.00. The molecule has 2 heteroatoms. The molecular weight excluding hydrogens is 342 g/mol. The Hall–Kier alpha value is -3.49. The van der Waals surface area contributed by atoms with Crippen molar-refractivity contribution in [1.29, 1.82) is 0 Å². The topological polar surface area (TPSA) is 24.3 Å². The molecule has 1 N–H and O–H groups in total. The van der Waals surface area contributed by atoms with Crippen LogP contribution in [0.4, 0.5) is 0 Å². The Morgan fingerprint density at radius 3 is 2.21 bits per heavy atom. The minimum Gasteiger partial charge on any atom is -0.400 e. The van der Waals surface area contributed by atoms with Gasteiger partial charge in [-0.25, -0.2) is 0 Å². The standard InChI is InChI=1S/C25H22N.CH4O/c1-4-7-8-12-16-22-19-20(5-2)23(6-3)25-18-13-17-24(26(22)25)21-14-10-9-11-15-21;1-2/h4-19H,1-3H2;2H,1H3/q+1;/b8-7-,16-12?;. The lowest BCUT2D eigenvalue weighted by molar-refractivity contribution is -0.502. The predicted octanol–water partition coefficient (Wildman–Crippen LogP) is 5.74. The fourth-order valence-electron chi connectivity index (χ4n) is 3.09. The maximum Gasteiger partial charge on any atom is 0.219 e. The highest BCUT2D eigenvalue weighted by atomic mass is 16.2. The van der Waals surface area contributed by atoms with Gasteiger partial charge in [0.2, 0.25) is 16.9 Å². The van der Waals surface area contributed by atoms with Crippen molar-refractivity contribution in [3.63, 3.8) is 0 Å². The van der Waals surface area contributed by atoms with E-state index in [1.807, 2.05) is 36.4 Å². The van der Waals surface area contributed by atoms with Crippen molar-refractivity contribution in [2.75, 3.05) is 7.11 Å². The fourth-order valence-corrected chi connectivity index (χ4v) is 3.09. The molecule has 0 spiro atoms. The monoisotopic (exact) mass is 368 g/mol. The van der Waals surface area contributed by atoms with Gasteiger partial charge < -0.3 is 5.11 Å². The Morgan fingerprint density at radius 2 is 1.57 bits per heavy atom. The van der Waals surface area contributed by atoms with Crippen LogP contribution in [0.2, 0.25) is 0 Å².